The van der Waals surface area contributed by atoms with Crippen molar-refractivity contribution >= 4 is 22.9 Å². The third-order valence-electron chi connectivity index (χ3n) is 3.09. The highest BCUT2D eigenvalue weighted by molar-refractivity contribution is 7.16. The quantitative estimate of drug-likeness (QED) is 0.818. The molecule has 0 spiro atoms. The number of rotatable bonds is 5. The van der Waals surface area contributed by atoms with Gasteiger partial charge in [0.25, 0.3) is 0 Å². The number of para-hydroxylation sites is 1. The van der Waals surface area contributed by atoms with E-state index in [1.54, 1.807) is 11.3 Å². The van der Waals surface area contributed by atoms with E-state index in [0.29, 0.717) is 6.61 Å². The van der Waals surface area contributed by atoms with Gasteiger partial charge in [-0.1, -0.05) is 29.8 Å². The molecule has 0 atom stereocenters. The molecule has 0 saturated heterocycles. The van der Waals surface area contributed by atoms with Crippen molar-refractivity contribution in [2.24, 2.45) is 0 Å². The summed E-state index contributed by atoms with van der Waals surface area (Å²) < 4.78 is 6.84. The van der Waals surface area contributed by atoms with E-state index >= 15 is 0 Å². The minimum Gasteiger partial charge on any atom is -0.487 e. The zero-order chi connectivity index (χ0) is 15.5. The largest absolute Gasteiger partial charge is 0.487 e. The van der Waals surface area contributed by atoms with Crippen LogP contribution in [0, 0.1) is 6.92 Å². The maximum Gasteiger partial charge on any atom is 0.127 e. The number of ether oxygens (including phenoxy) is 1. The second kappa shape index (κ2) is 6.82. The lowest BCUT2D eigenvalue weighted by atomic mass is 10.1. The van der Waals surface area contributed by atoms with Crippen LogP contribution < -0.4 is 10.1 Å². The number of halogens is 1. The first-order valence-electron chi connectivity index (χ1n) is 7.06. The number of hydrogen-bond donors (Lipinski definition) is 1. The highest BCUT2D eigenvalue weighted by atomic mass is 35.5. The molecule has 1 aromatic heterocycles. The molecule has 4 heteroatoms. The molecule has 0 aliphatic rings. The molecule has 0 amide bonds. The zero-order valence-electron chi connectivity index (χ0n) is 13.0. The number of aryl methyl sites for hydroxylation is 1. The lowest BCUT2D eigenvalue weighted by Gasteiger charge is -2.22. The van der Waals surface area contributed by atoms with Gasteiger partial charge < -0.3 is 10.1 Å². The number of hydrogen-bond acceptors (Lipinski definition) is 3. The van der Waals surface area contributed by atoms with E-state index in [-0.39, 0.29) is 5.54 Å². The molecule has 0 bridgehead atoms. The number of nitrogens with one attached hydrogen (secondary N) is 1. The monoisotopic (exact) mass is 323 g/mol. The Morgan fingerprint density at radius 2 is 1.95 bits per heavy atom. The van der Waals surface area contributed by atoms with E-state index in [2.05, 4.69) is 51.2 Å². The maximum atomic E-state index is 6.04. The summed E-state index contributed by atoms with van der Waals surface area (Å²) in [6, 6.07) is 10.2. The average Bonchev–Trinajstić information content (AvgIpc) is 2.80. The van der Waals surface area contributed by atoms with Crippen molar-refractivity contribution in [1.82, 2.24) is 5.32 Å². The molecule has 0 unspecified atom stereocenters. The number of benzene rings is 1. The van der Waals surface area contributed by atoms with Crippen molar-refractivity contribution in [3.8, 4) is 5.75 Å². The highest BCUT2D eigenvalue weighted by Gasteiger charge is 2.12. The Hall–Kier alpha value is -1.03. The van der Waals surface area contributed by atoms with E-state index < -0.39 is 0 Å². The minimum absolute atomic E-state index is 0.0856. The summed E-state index contributed by atoms with van der Waals surface area (Å²) in [5, 5.41) is 3.51. The van der Waals surface area contributed by atoms with Crippen molar-refractivity contribution in [2.45, 2.75) is 46.4 Å². The van der Waals surface area contributed by atoms with Crippen LogP contribution in [0.1, 0.15) is 36.8 Å². The minimum atomic E-state index is 0.0856. The van der Waals surface area contributed by atoms with Crippen molar-refractivity contribution in [3.05, 3.63) is 50.7 Å². The van der Waals surface area contributed by atoms with Crippen molar-refractivity contribution in [3.63, 3.8) is 0 Å². The first kappa shape index (κ1) is 16.3. The molecular formula is C17H22ClNOS. The van der Waals surface area contributed by atoms with Crippen LogP contribution in [0.2, 0.25) is 4.34 Å². The topological polar surface area (TPSA) is 21.3 Å². The molecule has 114 valence electrons. The fourth-order valence-corrected chi connectivity index (χ4v) is 2.99. The number of thiophene rings is 1. The third kappa shape index (κ3) is 5.03. The van der Waals surface area contributed by atoms with Crippen LogP contribution in [-0.2, 0) is 13.2 Å². The molecule has 2 nitrogen and oxygen atoms in total. The Morgan fingerprint density at radius 1 is 1.19 bits per heavy atom. The van der Waals surface area contributed by atoms with E-state index in [1.165, 1.54) is 5.56 Å². The summed E-state index contributed by atoms with van der Waals surface area (Å²) in [7, 11) is 0. The summed E-state index contributed by atoms with van der Waals surface area (Å²) in [4.78, 5) is 1.14. The van der Waals surface area contributed by atoms with E-state index in [9.17, 15) is 0 Å². The Balaban J connectivity index is 2.10. The predicted octanol–water partition coefficient (Wildman–Crippen LogP) is 5.18. The molecule has 1 aromatic carbocycles. The van der Waals surface area contributed by atoms with Gasteiger partial charge in [-0.15, -0.1) is 11.3 Å². The van der Waals surface area contributed by atoms with Crippen LogP contribution >= 0.6 is 22.9 Å². The molecule has 0 saturated carbocycles. The van der Waals surface area contributed by atoms with Crippen LogP contribution in [0.5, 0.6) is 5.75 Å². The normalized spacial score (nSPS) is 11.7. The molecule has 0 aliphatic carbocycles. The summed E-state index contributed by atoms with van der Waals surface area (Å²) in [5.41, 5.74) is 2.43. The summed E-state index contributed by atoms with van der Waals surface area (Å²) in [6.45, 7) is 9.93. The lowest BCUT2D eigenvalue weighted by Crippen LogP contribution is -2.35. The van der Waals surface area contributed by atoms with Crippen molar-refractivity contribution in [1.29, 1.82) is 0 Å². The zero-order valence-corrected chi connectivity index (χ0v) is 14.6. The Morgan fingerprint density at radius 3 is 2.57 bits per heavy atom. The van der Waals surface area contributed by atoms with Gasteiger partial charge in [0.2, 0.25) is 0 Å². The van der Waals surface area contributed by atoms with Gasteiger partial charge in [-0.05, 0) is 45.4 Å². The third-order valence-corrected chi connectivity index (χ3v) is 4.29. The molecule has 0 aliphatic heterocycles. The van der Waals surface area contributed by atoms with E-state index in [1.807, 2.05) is 12.1 Å². The van der Waals surface area contributed by atoms with Gasteiger partial charge in [-0.25, -0.2) is 0 Å². The first-order valence-corrected chi connectivity index (χ1v) is 8.25. The Kier molecular flexibility index (Phi) is 5.31. The van der Waals surface area contributed by atoms with Crippen LogP contribution in [0.3, 0.4) is 0 Å². The Labute approximate surface area is 136 Å². The fourth-order valence-electron chi connectivity index (χ4n) is 1.99. The smallest absolute Gasteiger partial charge is 0.127 e. The van der Waals surface area contributed by atoms with Crippen molar-refractivity contribution < 1.29 is 4.74 Å². The van der Waals surface area contributed by atoms with Crippen LogP contribution in [0.4, 0.5) is 0 Å². The summed E-state index contributed by atoms with van der Waals surface area (Å²) >= 11 is 7.52. The van der Waals surface area contributed by atoms with Gasteiger partial charge in [0, 0.05) is 22.5 Å². The fraction of sp³-hybridized carbons (Fsp3) is 0.412. The van der Waals surface area contributed by atoms with Crippen molar-refractivity contribution in [2.75, 3.05) is 0 Å². The lowest BCUT2D eigenvalue weighted by molar-refractivity contribution is 0.301. The Bertz CT molecular complexity index is 601. The standard InChI is InChI=1S/C17H22ClNOS/c1-12-6-5-7-13(10-19-17(2,3)4)16(12)20-11-14-8-9-15(18)21-14/h5-9,19H,10-11H2,1-4H3. The van der Waals surface area contributed by atoms with Gasteiger partial charge in [-0.2, -0.15) is 0 Å². The summed E-state index contributed by atoms with van der Waals surface area (Å²) in [5.74, 6) is 0.971. The summed E-state index contributed by atoms with van der Waals surface area (Å²) in [6.07, 6.45) is 0. The maximum absolute atomic E-state index is 6.04. The molecule has 1 heterocycles. The highest BCUT2D eigenvalue weighted by Crippen LogP contribution is 2.27. The average molecular weight is 324 g/mol. The van der Waals surface area contributed by atoms with Gasteiger partial charge in [0.05, 0.1) is 4.34 Å². The molecule has 0 radical (unpaired) electrons. The van der Waals surface area contributed by atoms with Gasteiger partial charge in [-0.3, -0.25) is 0 Å². The van der Waals surface area contributed by atoms with E-state index in [0.717, 1.165) is 27.1 Å². The molecular weight excluding hydrogens is 302 g/mol. The van der Waals surface area contributed by atoms with E-state index in [4.69, 9.17) is 16.3 Å². The second-order valence-electron chi connectivity index (χ2n) is 6.16. The molecule has 2 aromatic rings. The van der Waals surface area contributed by atoms with Gasteiger partial charge in [0.15, 0.2) is 0 Å². The molecule has 21 heavy (non-hydrogen) atoms. The molecule has 0 fully saturated rings. The van der Waals surface area contributed by atoms with Crippen LogP contribution in [-0.4, -0.2) is 5.54 Å². The van der Waals surface area contributed by atoms with Gasteiger partial charge in [0.1, 0.15) is 12.4 Å². The first-order chi connectivity index (χ1) is 9.85. The van der Waals surface area contributed by atoms with Crippen LogP contribution in [0.25, 0.3) is 0 Å². The SMILES string of the molecule is Cc1cccc(CNC(C)(C)C)c1OCc1ccc(Cl)s1. The van der Waals surface area contributed by atoms with Gasteiger partial charge >= 0.3 is 0 Å². The molecule has 1 N–H and O–H groups in total. The van der Waals surface area contributed by atoms with Crippen LogP contribution in [0.15, 0.2) is 30.3 Å². The molecule has 2 rings (SSSR count). The second-order valence-corrected chi connectivity index (χ2v) is 7.96. The predicted molar refractivity (Wildman–Crippen MR) is 91.4 cm³/mol.